The third-order valence-electron chi connectivity index (χ3n) is 5.47. The lowest BCUT2D eigenvalue weighted by atomic mass is 10.3. The molecule has 13 heteroatoms. The number of piperazine rings is 1. The highest BCUT2D eigenvalue weighted by Gasteiger charge is 2.35. The van der Waals surface area contributed by atoms with E-state index in [4.69, 9.17) is 9.85 Å². The molecule has 0 spiro atoms. The van der Waals surface area contributed by atoms with Gasteiger partial charge in [0, 0.05) is 60.7 Å². The van der Waals surface area contributed by atoms with E-state index in [0.717, 1.165) is 0 Å². The maximum absolute atomic E-state index is 13.3. The van der Waals surface area contributed by atoms with E-state index in [1.165, 1.54) is 38.4 Å². The largest absolute Gasteiger partial charge is 0.433 e. The maximum atomic E-state index is 13.3. The number of benzene rings is 1. The molecule has 2 saturated heterocycles. The van der Waals surface area contributed by atoms with Crippen LogP contribution in [0.2, 0.25) is 0 Å². The molecule has 0 aliphatic carbocycles. The standard InChI is InChI=1S/C20H23F3N6O3S/c1-13-10-17(20(21,22)23)26-19(25-13)27-6-8-28(9-7-27)33(31,32)16-4-2-15(3-5-16)29-12-14(24)11-18(29)30/h2-5,10,14H,6-9,11-12,24H2,1H3/i1D3. The normalized spacial score (nSPS) is 22.2. The van der Waals surface area contributed by atoms with Crippen molar-refractivity contribution < 1.29 is 30.5 Å². The average molecular weight is 488 g/mol. The summed E-state index contributed by atoms with van der Waals surface area (Å²) < 4.78 is 89.5. The first-order valence-corrected chi connectivity index (χ1v) is 11.5. The third-order valence-corrected chi connectivity index (χ3v) is 7.38. The topological polar surface area (TPSA) is 113 Å². The molecule has 0 saturated carbocycles. The second kappa shape index (κ2) is 8.54. The highest BCUT2D eigenvalue weighted by molar-refractivity contribution is 7.89. The van der Waals surface area contributed by atoms with Gasteiger partial charge in [0.25, 0.3) is 0 Å². The fourth-order valence-electron chi connectivity index (χ4n) is 3.78. The molecular formula is C20H23F3N6O3S. The molecule has 3 heterocycles. The van der Waals surface area contributed by atoms with E-state index in [-0.39, 0.29) is 49.4 Å². The van der Waals surface area contributed by atoms with Gasteiger partial charge in [-0.3, -0.25) is 4.79 Å². The number of halogens is 3. The number of alkyl halides is 3. The minimum atomic E-state index is -4.88. The van der Waals surface area contributed by atoms with Crippen molar-refractivity contribution >= 4 is 27.6 Å². The Hall–Kier alpha value is -2.77. The van der Waals surface area contributed by atoms with Crippen molar-refractivity contribution in [3.8, 4) is 0 Å². The second-order valence-corrected chi connectivity index (χ2v) is 9.73. The van der Waals surface area contributed by atoms with Crippen molar-refractivity contribution in [2.24, 2.45) is 5.73 Å². The van der Waals surface area contributed by atoms with E-state index >= 15 is 0 Å². The van der Waals surface area contributed by atoms with E-state index in [9.17, 15) is 26.4 Å². The summed E-state index contributed by atoms with van der Waals surface area (Å²) in [4.78, 5) is 22.1. The zero-order valence-corrected chi connectivity index (χ0v) is 18.1. The molecule has 1 unspecified atom stereocenters. The van der Waals surface area contributed by atoms with Crippen molar-refractivity contribution in [2.45, 2.75) is 30.4 Å². The van der Waals surface area contributed by atoms with E-state index in [0.29, 0.717) is 18.3 Å². The summed E-state index contributed by atoms with van der Waals surface area (Å²) in [6.07, 6.45) is -4.66. The fraction of sp³-hybridized carbons (Fsp3) is 0.450. The molecule has 1 atom stereocenters. The Morgan fingerprint density at radius 2 is 1.79 bits per heavy atom. The van der Waals surface area contributed by atoms with Crippen molar-refractivity contribution in [3.05, 3.63) is 41.7 Å². The first-order chi connectivity index (χ1) is 16.7. The fourth-order valence-corrected chi connectivity index (χ4v) is 5.20. The number of nitrogens with two attached hydrogens (primary N) is 1. The van der Waals surface area contributed by atoms with Gasteiger partial charge in [-0.15, -0.1) is 0 Å². The summed E-state index contributed by atoms with van der Waals surface area (Å²) in [6, 6.07) is 5.91. The lowest BCUT2D eigenvalue weighted by Crippen LogP contribution is -2.49. The molecule has 2 fully saturated rings. The van der Waals surface area contributed by atoms with E-state index in [2.05, 4.69) is 9.97 Å². The predicted molar refractivity (Wildman–Crippen MR) is 114 cm³/mol. The number of carbonyl (C=O) groups excluding carboxylic acids is 1. The molecule has 2 aromatic rings. The van der Waals surface area contributed by atoms with Crippen LogP contribution >= 0.6 is 0 Å². The summed E-state index contributed by atoms with van der Waals surface area (Å²) in [5.74, 6) is -0.571. The average Bonchev–Trinajstić information content (AvgIpc) is 3.15. The highest BCUT2D eigenvalue weighted by Crippen LogP contribution is 2.30. The van der Waals surface area contributed by atoms with Gasteiger partial charge in [-0.05, 0) is 37.2 Å². The molecule has 2 aliphatic heterocycles. The van der Waals surface area contributed by atoms with E-state index in [1.54, 1.807) is 0 Å². The van der Waals surface area contributed by atoms with Gasteiger partial charge < -0.3 is 15.5 Å². The van der Waals surface area contributed by atoms with Crippen LogP contribution < -0.4 is 15.5 Å². The Kier molecular flexibility index (Phi) is 5.09. The number of carbonyl (C=O) groups is 1. The SMILES string of the molecule is [2H]C([2H])([2H])c1cc(C(F)(F)F)nc(N2CCN(S(=O)(=O)c3ccc(N4CC(N)CC4=O)cc3)CC2)n1. The number of aromatic nitrogens is 2. The molecular weight excluding hydrogens is 461 g/mol. The van der Waals surface area contributed by atoms with Crippen LogP contribution in [0.5, 0.6) is 0 Å². The van der Waals surface area contributed by atoms with E-state index < -0.39 is 40.4 Å². The van der Waals surface area contributed by atoms with E-state index in [1.807, 2.05) is 0 Å². The monoisotopic (exact) mass is 487 g/mol. The third kappa shape index (κ3) is 4.80. The molecule has 1 amide bonds. The lowest BCUT2D eigenvalue weighted by Gasteiger charge is -2.34. The zero-order valence-electron chi connectivity index (χ0n) is 20.3. The summed E-state index contributed by atoms with van der Waals surface area (Å²) in [7, 11) is -3.93. The Balaban J connectivity index is 1.49. The molecule has 1 aromatic carbocycles. The molecule has 2 N–H and O–H groups in total. The molecule has 2 aliphatic rings. The van der Waals surface area contributed by atoms with Gasteiger partial charge in [-0.25, -0.2) is 18.4 Å². The Bertz CT molecular complexity index is 1220. The van der Waals surface area contributed by atoms with Crippen molar-refractivity contribution in [2.75, 3.05) is 42.5 Å². The molecule has 0 bridgehead atoms. The summed E-state index contributed by atoms with van der Waals surface area (Å²) in [6.45, 7) is -2.77. The molecule has 178 valence electrons. The van der Waals surface area contributed by atoms with Crippen LogP contribution in [-0.4, -0.2) is 67.4 Å². The number of sulfonamides is 1. The Labute approximate surface area is 193 Å². The van der Waals surface area contributed by atoms with Crippen LogP contribution in [0.3, 0.4) is 0 Å². The van der Waals surface area contributed by atoms with Crippen LogP contribution in [0.4, 0.5) is 24.8 Å². The van der Waals surface area contributed by atoms with Gasteiger partial charge in [-0.1, -0.05) is 0 Å². The first-order valence-electron chi connectivity index (χ1n) is 11.5. The van der Waals surface area contributed by atoms with Gasteiger partial charge >= 0.3 is 6.18 Å². The minimum Gasteiger partial charge on any atom is -0.338 e. The summed E-state index contributed by atoms with van der Waals surface area (Å²) in [5, 5.41) is 0. The summed E-state index contributed by atoms with van der Waals surface area (Å²) in [5.41, 5.74) is 4.20. The smallest absolute Gasteiger partial charge is 0.338 e. The van der Waals surface area contributed by atoms with Crippen molar-refractivity contribution in [3.63, 3.8) is 0 Å². The summed E-state index contributed by atoms with van der Waals surface area (Å²) >= 11 is 0. The predicted octanol–water partition coefficient (Wildman–Crippen LogP) is 1.38. The number of hydrogen-bond donors (Lipinski definition) is 1. The quantitative estimate of drug-likeness (QED) is 0.693. The van der Waals surface area contributed by atoms with Crippen LogP contribution in [0.15, 0.2) is 35.2 Å². The number of anilines is 2. The van der Waals surface area contributed by atoms with Gasteiger partial charge in [0.15, 0.2) is 0 Å². The van der Waals surface area contributed by atoms with Gasteiger partial charge in [0.05, 0.1) is 4.90 Å². The molecule has 33 heavy (non-hydrogen) atoms. The van der Waals surface area contributed by atoms with Crippen LogP contribution in [0.25, 0.3) is 0 Å². The molecule has 1 aromatic heterocycles. The maximum Gasteiger partial charge on any atom is 0.433 e. The van der Waals surface area contributed by atoms with Gasteiger partial charge in [0.1, 0.15) is 5.69 Å². The molecule has 9 nitrogen and oxygen atoms in total. The Morgan fingerprint density at radius 1 is 1.12 bits per heavy atom. The van der Waals surface area contributed by atoms with Crippen molar-refractivity contribution in [1.29, 1.82) is 0 Å². The molecule has 0 radical (unpaired) electrons. The van der Waals surface area contributed by atoms with Crippen LogP contribution in [-0.2, 0) is 21.0 Å². The molecule has 4 rings (SSSR count). The minimum absolute atomic E-state index is 0.00403. The number of hydrogen-bond acceptors (Lipinski definition) is 7. The second-order valence-electron chi connectivity index (χ2n) is 7.79. The van der Waals surface area contributed by atoms with Gasteiger partial charge in [-0.2, -0.15) is 17.5 Å². The number of aryl methyl sites for hydroxylation is 1. The van der Waals surface area contributed by atoms with Crippen LogP contribution in [0.1, 0.15) is 21.9 Å². The number of nitrogens with zero attached hydrogens (tertiary/aromatic N) is 5. The van der Waals surface area contributed by atoms with Crippen LogP contribution in [0, 0.1) is 6.85 Å². The van der Waals surface area contributed by atoms with Crippen molar-refractivity contribution in [1.82, 2.24) is 14.3 Å². The lowest BCUT2D eigenvalue weighted by molar-refractivity contribution is -0.141. The van der Waals surface area contributed by atoms with Gasteiger partial charge in [0.2, 0.25) is 21.9 Å². The zero-order chi connectivity index (χ0) is 26.5. The first kappa shape index (κ1) is 19.7. The number of rotatable bonds is 4. The Morgan fingerprint density at radius 3 is 2.33 bits per heavy atom. The highest BCUT2D eigenvalue weighted by atomic mass is 32.2. The number of amides is 1.